The molecular weight excluding hydrogens is 382 g/mol. The second kappa shape index (κ2) is 6.93. The molecule has 0 aliphatic heterocycles. The van der Waals surface area contributed by atoms with Crippen LogP contribution >= 0.6 is 0 Å². The largest absolute Gasteiger partial charge is 0.422 e. The lowest BCUT2D eigenvalue weighted by Gasteiger charge is -2.08. The molecule has 2 aromatic carbocycles. The molecule has 0 spiro atoms. The highest BCUT2D eigenvalue weighted by atomic mass is 16.4. The van der Waals surface area contributed by atoms with E-state index in [1.807, 2.05) is 31.2 Å². The fraction of sp³-hybridized carbons (Fsp3) is 0.0455. The van der Waals surface area contributed by atoms with Crippen molar-refractivity contribution in [1.82, 2.24) is 19.8 Å². The minimum atomic E-state index is -0.683. The van der Waals surface area contributed by atoms with E-state index in [9.17, 15) is 9.59 Å². The first kappa shape index (κ1) is 17.7. The Hall–Kier alpha value is -4.33. The Balaban J connectivity index is 1.47. The van der Waals surface area contributed by atoms with E-state index in [-0.39, 0.29) is 5.56 Å². The van der Waals surface area contributed by atoms with Crippen LogP contribution in [0, 0.1) is 6.92 Å². The van der Waals surface area contributed by atoms with Gasteiger partial charge in [-0.1, -0.05) is 30.3 Å². The van der Waals surface area contributed by atoms with Crippen LogP contribution in [0.2, 0.25) is 0 Å². The molecule has 0 unspecified atom stereocenters. The summed E-state index contributed by atoms with van der Waals surface area (Å²) in [6.45, 7) is 1.82. The van der Waals surface area contributed by atoms with Crippen molar-refractivity contribution in [3.05, 3.63) is 88.5 Å². The number of benzene rings is 2. The highest BCUT2D eigenvalue weighted by Crippen LogP contribution is 2.22. The van der Waals surface area contributed by atoms with Crippen LogP contribution in [-0.2, 0) is 0 Å². The fourth-order valence-electron chi connectivity index (χ4n) is 3.23. The zero-order chi connectivity index (χ0) is 20.7. The van der Waals surface area contributed by atoms with Crippen molar-refractivity contribution in [3.8, 4) is 11.3 Å². The number of rotatable bonds is 3. The molecule has 3 aromatic heterocycles. The highest BCUT2D eigenvalue weighted by Gasteiger charge is 2.14. The molecule has 0 saturated carbocycles. The van der Waals surface area contributed by atoms with Gasteiger partial charge in [0.15, 0.2) is 11.5 Å². The lowest BCUT2D eigenvalue weighted by molar-refractivity contribution is 0.102. The quantitative estimate of drug-likeness (QED) is 0.468. The molecule has 0 aliphatic carbocycles. The maximum atomic E-state index is 12.7. The van der Waals surface area contributed by atoms with Crippen LogP contribution < -0.4 is 10.9 Å². The Bertz CT molecular complexity index is 1490. The van der Waals surface area contributed by atoms with Crippen molar-refractivity contribution in [2.75, 3.05) is 5.32 Å². The molecule has 8 nitrogen and oxygen atoms in total. The lowest BCUT2D eigenvalue weighted by Crippen LogP contribution is -2.20. The Labute approximate surface area is 169 Å². The molecule has 0 aliphatic rings. The number of carbonyl (C=O) groups is 1. The minimum Gasteiger partial charge on any atom is -0.422 e. The number of fused-ring (bicyclic) bond motifs is 2. The number of anilines is 1. The number of para-hydroxylation sites is 1. The summed E-state index contributed by atoms with van der Waals surface area (Å²) in [7, 11) is 0. The average molecular weight is 397 g/mol. The molecule has 5 rings (SSSR count). The van der Waals surface area contributed by atoms with Crippen LogP contribution in [0.15, 0.2) is 75.9 Å². The van der Waals surface area contributed by atoms with E-state index in [0.717, 1.165) is 5.56 Å². The minimum absolute atomic E-state index is 0.0567. The summed E-state index contributed by atoms with van der Waals surface area (Å²) in [6.07, 6.45) is 0. The third-order valence-corrected chi connectivity index (χ3v) is 4.72. The predicted molar refractivity (Wildman–Crippen MR) is 111 cm³/mol. The van der Waals surface area contributed by atoms with Gasteiger partial charge in [0.2, 0.25) is 0 Å². The maximum absolute atomic E-state index is 12.7. The first-order valence-corrected chi connectivity index (χ1v) is 9.22. The van der Waals surface area contributed by atoms with Crippen molar-refractivity contribution in [2.24, 2.45) is 0 Å². The molecule has 0 saturated heterocycles. The summed E-state index contributed by atoms with van der Waals surface area (Å²) in [5.74, 6) is 0.143. The first-order valence-electron chi connectivity index (χ1n) is 9.22. The van der Waals surface area contributed by atoms with E-state index < -0.39 is 11.5 Å². The van der Waals surface area contributed by atoms with Gasteiger partial charge in [-0.05, 0) is 43.3 Å². The van der Waals surface area contributed by atoms with Crippen LogP contribution in [0.5, 0.6) is 0 Å². The average Bonchev–Trinajstić information content (AvgIpc) is 3.13. The molecule has 0 bridgehead atoms. The Morgan fingerprint density at radius 3 is 2.77 bits per heavy atom. The van der Waals surface area contributed by atoms with Crippen LogP contribution in [0.1, 0.15) is 16.2 Å². The SMILES string of the molecule is Cc1nnc2ccc(-c3cccc(NC(=O)c4cc5ccccc5oc4=O)c3)nn12. The summed E-state index contributed by atoms with van der Waals surface area (Å²) >= 11 is 0. The molecule has 0 atom stereocenters. The number of aromatic nitrogens is 4. The summed E-state index contributed by atoms with van der Waals surface area (Å²) in [5.41, 5.74) is 2.39. The van der Waals surface area contributed by atoms with Crippen molar-refractivity contribution in [2.45, 2.75) is 6.92 Å². The summed E-state index contributed by atoms with van der Waals surface area (Å²) in [4.78, 5) is 24.9. The molecular formula is C22H15N5O3. The monoisotopic (exact) mass is 397 g/mol. The molecule has 1 amide bonds. The second-order valence-electron chi connectivity index (χ2n) is 6.76. The van der Waals surface area contributed by atoms with Crippen LogP contribution in [0.4, 0.5) is 5.69 Å². The third kappa shape index (κ3) is 3.10. The van der Waals surface area contributed by atoms with Crippen LogP contribution in [-0.4, -0.2) is 25.7 Å². The molecule has 146 valence electrons. The number of aryl methyl sites for hydroxylation is 1. The van der Waals surface area contributed by atoms with Gasteiger partial charge in [0, 0.05) is 16.6 Å². The van der Waals surface area contributed by atoms with Gasteiger partial charge in [-0.2, -0.15) is 9.61 Å². The van der Waals surface area contributed by atoms with Gasteiger partial charge < -0.3 is 9.73 Å². The normalized spacial score (nSPS) is 11.1. The van der Waals surface area contributed by atoms with E-state index >= 15 is 0 Å². The van der Waals surface area contributed by atoms with Gasteiger partial charge >= 0.3 is 5.63 Å². The van der Waals surface area contributed by atoms with Gasteiger partial charge in [0.05, 0.1) is 5.69 Å². The molecule has 30 heavy (non-hydrogen) atoms. The Morgan fingerprint density at radius 2 is 1.87 bits per heavy atom. The standard InChI is InChI=1S/C22H15N5O3/c1-13-24-25-20-10-9-18(26-27(13)20)14-6-4-7-16(11-14)23-21(28)17-12-15-5-2-3-8-19(15)30-22(17)29/h2-12H,1H3,(H,23,28). The smallest absolute Gasteiger partial charge is 0.349 e. The molecule has 3 heterocycles. The van der Waals surface area contributed by atoms with E-state index in [0.29, 0.717) is 33.8 Å². The fourth-order valence-corrected chi connectivity index (χ4v) is 3.23. The summed E-state index contributed by atoms with van der Waals surface area (Å²) in [6, 6.07) is 19.5. The topological polar surface area (TPSA) is 102 Å². The van der Waals surface area contributed by atoms with E-state index in [1.54, 1.807) is 40.9 Å². The van der Waals surface area contributed by atoms with Crippen molar-refractivity contribution < 1.29 is 9.21 Å². The number of nitrogens with one attached hydrogen (secondary N) is 1. The van der Waals surface area contributed by atoms with Crippen LogP contribution in [0.25, 0.3) is 27.9 Å². The number of nitrogens with zero attached hydrogens (tertiary/aromatic N) is 4. The predicted octanol–water partition coefficient (Wildman–Crippen LogP) is 3.46. The van der Waals surface area contributed by atoms with Crippen molar-refractivity contribution in [1.29, 1.82) is 0 Å². The van der Waals surface area contributed by atoms with Crippen molar-refractivity contribution >= 4 is 28.2 Å². The second-order valence-corrected chi connectivity index (χ2v) is 6.76. The Morgan fingerprint density at radius 1 is 1.00 bits per heavy atom. The summed E-state index contributed by atoms with van der Waals surface area (Å²) in [5, 5.41) is 16.0. The Kier molecular flexibility index (Phi) is 4.10. The molecule has 0 fully saturated rings. The van der Waals surface area contributed by atoms with E-state index in [2.05, 4.69) is 20.6 Å². The summed E-state index contributed by atoms with van der Waals surface area (Å²) < 4.78 is 6.90. The zero-order valence-electron chi connectivity index (χ0n) is 15.9. The third-order valence-electron chi connectivity index (χ3n) is 4.72. The van der Waals surface area contributed by atoms with Crippen LogP contribution in [0.3, 0.4) is 0 Å². The first-order chi connectivity index (χ1) is 14.6. The van der Waals surface area contributed by atoms with Gasteiger partial charge in [-0.15, -0.1) is 10.2 Å². The number of carbonyl (C=O) groups excluding carboxylic acids is 1. The van der Waals surface area contributed by atoms with Gasteiger partial charge in [0.1, 0.15) is 11.1 Å². The van der Waals surface area contributed by atoms with Gasteiger partial charge in [0.25, 0.3) is 5.91 Å². The highest BCUT2D eigenvalue weighted by molar-refractivity contribution is 6.05. The molecule has 5 aromatic rings. The maximum Gasteiger partial charge on any atom is 0.349 e. The number of amides is 1. The number of hydrogen-bond donors (Lipinski definition) is 1. The van der Waals surface area contributed by atoms with Crippen molar-refractivity contribution in [3.63, 3.8) is 0 Å². The van der Waals surface area contributed by atoms with Gasteiger partial charge in [-0.25, -0.2) is 4.79 Å². The van der Waals surface area contributed by atoms with Gasteiger partial charge in [-0.3, -0.25) is 4.79 Å². The lowest BCUT2D eigenvalue weighted by atomic mass is 10.1. The molecule has 0 radical (unpaired) electrons. The van der Waals surface area contributed by atoms with E-state index in [4.69, 9.17) is 4.42 Å². The molecule has 8 heteroatoms. The van der Waals surface area contributed by atoms with E-state index in [1.165, 1.54) is 6.07 Å². The molecule has 1 N–H and O–H groups in total. The number of hydrogen-bond acceptors (Lipinski definition) is 6. The zero-order valence-corrected chi connectivity index (χ0v) is 15.9.